The van der Waals surface area contributed by atoms with E-state index < -0.39 is 97.5 Å². The molecule has 0 amide bonds. The molecule has 0 radical (unpaired) electrons. The van der Waals surface area contributed by atoms with Crippen molar-refractivity contribution in [2.45, 2.75) is 420 Å². The third kappa shape index (κ3) is 72.4. The van der Waals surface area contributed by atoms with Crippen molar-refractivity contribution < 1.29 is 80.2 Å². The Labute approximate surface area is 600 Å². The number of phosphoric ester groups is 2. The van der Waals surface area contributed by atoms with Crippen LogP contribution in [0.4, 0.5) is 0 Å². The molecule has 17 nitrogen and oxygen atoms in total. The van der Waals surface area contributed by atoms with Gasteiger partial charge in [-0.15, -0.1) is 0 Å². The molecule has 0 saturated heterocycles. The van der Waals surface area contributed by atoms with Gasteiger partial charge < -0.3 is 33.8 Å². The lowest BCUT2D eigenvalue weighted by Crippen LogP contribution is -2.30. The van der Waals surface area contributed by atoms with E-state index in [-0.39, 0.29) is 25.7 Å². The van der Waals surface area contributed by atoms with Crippen molar-refractivity contribution in [1.29, 1.82) is 0 Å². The average Bonchev–Trinajstić information content (AvgIpc) is 0.979. The van der Waals surface area contributed by atoms with Crippen molar-refractivity contribution in [3.63, 3.8) is 0 Å². The van der Waals surface area contributed by atoms with Gasteiger partial charge in [0.1, 0.15) is 19.3 Å². The van der Waals surface area contributed by atoms with Gasteiger partial charge in [0.05, 0.1) is 26.4 Å². The Morgan fingerprint density at radius 1 is 0.255 bits per heavy atom. The van der Waals surface area contributed by atoms with E-state index in [0.29, 0.717) is 31.6 Å². The molecule has 0 fully saturated rings. The molecule has 0 rings (SSSR count). The van der Waals surface area contributed by atoms with Gasteiger partial charge in [-0.25, -0.2) is 9.13 Å². The number of hydrogen-bond acceptors (Lipinski definition) is 15. The molecule has 0 bridgehead atoms. The lowest BCUT2D eigenvalue weighted by atomic mass is 10.0. The molecule has 0 aliphatic rings. The normalized spacial score (nSPS) is 14.1. The van der Waals surface area contributed by atoms with Crippen molar-refractivity contribution in [2.75, 3.05) is 39.6 Å². The maximum absolute atomic E-state index is 13.1. The number of carbonyl (C=O) groups excluding carboxylic acids is 4. The van der Waals surface area contributed by atoms with Crippen LogP contribution in [0.25, 0.3) is 0 Å². The van der Waals surface area contributed by atoms with E-state index >= 15 is 0 Å². The molecule has 0 aromatic rings. The maximum atomic E-state index is 13.1. The number of carbonyl (C=O) groups is 4. The number of aliphatic hydroxyl groups is 1. The summed E-state index contributed by atoms with van der Waals surface area (Å²) in [6.07, 6.45) is 54.2. The molecular formula is C79H154O17P2. The van der Waals surface area contributed by atoms with E-state index in [9.17, 15) is 43.2 Å². The van der Waals surface area contributed by atoms with Gasteiger partial charge in [-0.1, -0.05) is 351 Å². The fourth-order valence-corrected chi connectivity index (χ4v) is 13.7. The Kier molecular flexibility index (Phi) is 66.8. The number of rotatable bonds is 76. The number of hydrogen-bond donors (Lipinski definition) is 3. The highest BCUT2D eigenvalue weighted by molar-refractivity contribution is 7.47. The predicted molar refractivity (Wildman–Crippen MR) is 400 cm³/mol. The number of unbranched alkanes of at least 4 members (excludes halogenated alkanes) is 42. The molecule has 582 valence electrons. The Balaban J connectivity index is 5.23. The second-order valence-corrected chi connectivity index (χ2v) is 33.3. The van der Waals surface area contributed by atoms with Gasteiger partial charge in [-0.05, 0) is 49.4 Å². The van der Waals surface area contributed by atoms with Gasteiger partial charge in [0, 0.05) is 25.7 Å². The third-order valence-electron chi connectivity index (χ3n) is 18.3. The zero-order chi connectivity index (χ0) is 72.4. The molecule has 98 heavy (non-hydrogen) atoms. The van der Waals surface area contributed by atoms with Gasteiger partial charge in [-0.2, -0.15) is 0 Å². The molecule has 0 aromatic heterocycles. The molecule has 3 unspecified atom stereocenters. The van der Waals surface area contributed by atoms with Crippen LogP contribution in [0.2, 0.25) is 0 Å². The van der Waals surface area contributed by atoms with E-state index in [1.165, 1.54) is 199 Å². The summed E-state index contributed by atoms with van der Waals surface area (Å²) in [7, 11) is -9.92. The molecule has 0 saturated carbocycles. The number of esters is 4. The Hall–Kier alpha value is -1.94. The summed E-state index contributed by atoms with van der Waals surface area (Å²) in [5.74, 6) is 0.942. The van der Waals surface area contributed by atoms with Crippen LogP contribution in [0.1, 0.15) is 402 Å². The fourth-order valence-electron chi connectivity index (χ4n) is 12.1. The largest absolute Gasteiger partial charge is 0.472 e. The molecule has 0 aromatic carbocycles. The molecule has 0 heterocycles. The van der Waals surface area contributed by atoms with Gasteiger partial charge in [-0.3, -0.25) is 37.3 Å². The summed E-state index contributed by atoms with van der Waals surface area (Å²) in [5.41, 5.74) is 0. The van der Waals surface area contributed by atoms with Crippen molar-refractivity contribution in [3.05, 3.63) is 0 Å². The molecule has 0 aliphatic heterocycles. The summed E-state index contributed by atoms with van der Waals surface area (Å²) in [6, 6.07) is 0. The van der Waals surface area contributed by atoms with Crippen molar-refractivity contribution in [1.82, 2.24) is 0 Å². The molecule has 0 aliphatic carbocycles. The molecule has 5 atom stereocenters. The quantitative estimate of drug-likeness (QED) is 0.0222. The monoisotopic (exact) mass is 1440 g/mol. The van der Waals surface area contributed by atoms with E-state index in [1.807, 2.05) is 0 Å². The molecule has 3 N–H and O–H groups in total. The first kappa shape index (κ1) is 96.1. The SMILES string of the molecule is CC(C)CCCCCCCCCCCCCCCCCCC(=O)OC[C@H](COP(=O)(O)OCC(O)COP(=O)(O)OC[C@@H](COC(=O)CCCCCCCCCC(C)C)OC(=O)CCCCCCCCCCCCCC(C)C)OC(=O)CCCCCCCCCCCCCCC(C)C. The van der Waals surface area contributed by atoms with Crippen molar-refractivity contribution in [3.8, 4) is 0 Å². The summed E-state index contributed by atoms with van der Waals surface area (Å²) in [6.45, 7) is 14.2. The second-order valence-electron chi connectivity index (χ2n) is 30.4. The first-order valence-corrected chi connectivity index (χ1v) is 43.7. The molecule has 19 heteroatoms. The standard InChI is InChI=1S/C79H154O17P2/c1-69(2)55-47-39-31-24-18-13-11-9-10-12-14-21-27-35-43-51-59-76(81)89-65-74(95-78(83)61-53-45-36-28-22-16-15-19-25-32-40-48-56-70(3)4)67-93-97(85,86)91-63-73(80)64-92-98(87,88)94-68-75(66-90-77(82)60-52-44-38-30-34-42-50-58-72(7)8)96-79(84)62-54-46-37-29-23-17-20-26-33-41-49-57-71(5)6/h69-75,80H,9-68H2,1-8H3,(H,85,86)(H,87,88)/t73?,74-,75-/m1/s1. The van der Waals surface area contributed by atoms with Crippen LogP contribution in [0.5, 0.6) is 0 Å². The summed E-state index contributed by atoms with van der Waals surface area (Å²) >= 11 is 0. The van der Waals surface area contributed by atoms with Crippen molar-refractivity contribution in [2.24, 2.45) is 23.7 Å². The Morgan fingerprint density at radius 2 is 0.429 bits per heavy atom. The minimum absolute atomic E-state index is 0.105. The van der Waals surface area contributed by atoms with Gasteiger partial charge >= 0.3 is 39.5 Å². The highest BCUT2D eigenvalue weighted by atomic mass is 31.2. The number of ether oxygens (including phenoxy) is 4. The maximum Gasteiger partial charge on any atom is 0.472 e. The Morgan fingerprint density at radius 3 is 0.633 bits per heavy atom. The first-order valence-electron chi connectivity index (χ1n) is 40.7. The predicted octanol–water partition coefficient (Wildman–Crippen LogP) is 23.2. The zero-order valence-electron chi connectivity index (χ0n) is 64.4. The molecular weight excluding hydrogens is 1280 g/mol. The fraction of sp³-hybridized carbons (Fsp3) is 0.949. The highest BCUT2D eigenvalue weighted by Crippen LogP contribution is 2.45. The first-order chi connectivity index (χ1) is 47.1. The molecule has 0 spiro atoms. The van der Waals surface area contributed by atoms with E-state index in [2.05, 4.69) is 55.4 Å². The third-order valence-corrected chi connectivity index (χ3v) is 20.2. The highest BCUT2D eigenvalue weighted by Gasteiger charge is 2.30. The number of phosphoric acid groups is 2. The second kappa shape index (κ2) is 68.2. The minimum atomic E-state index is -4.96. The Bertz CT molecular complexity index is 1920. The van der Waals surface area contributed by atoms with Crippen LogP contribution < -0.4 is 0 Å². The van der Waals surface area contributed by atoms with Gasteiger partial charge in [0.25, 0.3) is 0 Å². The minimum Gasteiger partial charge on any atom is -0.462 e. The van der Waals surface area contributed by atoms with E-state index in [0.717, 1.165) is 114 Å². The smallest absolute Gasteiger partial charge is 0.462 e. The lowest BCUT2D eigenvalue weighted by molar-refractivity contribution is -0.161. The summed E-state index contributed by atoms with van der Waals surface area (Å²) in [4.78, 5) is 72.9. The van der Waals surface area contributed by atoms with E-state index in [1.54, 1.807) is 0 Å². The lowest BCUT2D eigenvalue weighted by Gasteiger charge is -2.21. The van der Waals surface area contributed by atoms with Crippen LogP contribution >= 0.6 is 15.6 Å². The van der Waals surface area contributed by atoms with Crippen LogP contribution in [-0.4, -0.2) is 96.7 Å². The summed E-state index contributed by atoms with van der Waals surface area (Å²) < 4.78 is 68.6. The van der Waals surface area contributed by atoms with Gasteiger partial charge in [0.2, 0.25) is 0 Å². The van der Waals surface area contributed by atoms with Crippen LogP contribution in [0.3, 0.4) is 0 Å². The zero-order valence-corrected chi connectivity index (χ0v) is 66.2. The number of aliphatic hydroxyl groups excluding tert-OH is 1. The topological polar surface area (TPSA) is 237 Å². The summed E-state index contributed by atoms with van der Waals surface area (Å²) in [5, 5.41) is 10.6. The van der Waals surface area contributed by atoms with Gasteiger partial charge in [0.15, 0.2) is 12.2 Å². The average molecular weight is 1440 g/mol. The van der Waals surface area contributed by atoms with Crippen LogP contribution in [0, 0.1) is 23.7 Å². The van der Waals surface area contributed by atoms with Crippen LogP contribution in [-0.2, 0) is 65.4 Å². The van der Waals surface area contributed by atoms with Crippen LogP contribution in [0.15, 0.2) is 0 Å². The van der Waals surface area contributed by atoms with Crippen molar-refractivity contribution >= 4 is 39.5 Å². The van der Waals surface area contributed by atoms with E-state index in [4.69, 9.17) is 37.0 Å².